The summed E-state index contributed by atoms with van der Waals surface area (Å²) in [5, 5.41) is 7.21. The second kappa shape index (κ2) is 11.2. The van der Waals surface area contributed by atoms with Gasteiger partial charge in [-0.25, -0.2) is 0 Å². The molecule has 3 heterocycles. The highest BCUT2D eigenvalue weighted by molar-refractivity contribution is 5.94. The number of ether oxygens (including phenoxy) is 1. The summed E-state index contributed by atoms with van der Waals surface area (Å²) in [6, 6.07) is 16.0. The number of nitrogens with zero attached hydrogens (tertiary/aromatic N) is 5. The van der Waals surface area contributed by atoms with Crippen LogP contribution < -0.4 is 10.2 Å². The number of anilines is 2. The maximum absolute atomic E-state index is 12.9. The number of amides is 1. The molecule has 2 aliphatic heterocycles. The van der Waals surface area contributed by atoms with Gasteiger partial charge in [-0.05, 0) is 38.1 Å². The van der Waals surface area contributed by atoms with Crippen LogP contribution in [-0.2, 0) is 16.1 Å². The first-order chi connectivity index (χ1) is 17.5. The van der Waals surface area contributed by atoms with E-state index in [-0.39, 0.29) is 11.9 Å². The standard InChI is InChI=1S/C27H34N6O3/c1-20-3-5-22(6-4-20)26-29-25(36-30-26)19-31-11-13-32(14-12-31)21(2)27(34)28-23-7-9-24(10-8-23)33-15-17-35-18-16-33/h3-10,21H,11-19H2,1-2H3,(H,28,34). The summed E-state index contributed by atoms with van der Waals surface area (Å²) in [6.45, 7) is 11.2. The number of benzene rings is 2. The van der Waals surface area contributed by atoms with E-state index in [1.165, 1.54) is 5.56 Å². The molecule has 0 spiro atoms. The molecule has 1 atom stereocenters. The monoisotopic (exact) mass is 490 g/mol. The first-order valence-electron chi connectivity index (χ1n) is 12.6. The lowest BCUT2D eigenvalue weighted by Crippen LogP contribution is -2.52. The highest BCUT2D eigenvalue weighted by Gasteiger charge is 2.26. The lowest BCUT2D eigenvalue weighted by molar-refractivity contribution is -0.121. The molecule has 1 amide bonds. The third-order valence-electron chi connectivity index (χ3n) is 6.98. The molecule has 5 rings (SSSR count). The summed E-state index contributed by atoms with van der Waals surface area (Å²) in [4.78, 5) is 24.3. The first kappa shape index (κ1) is 24.4. The van der Waals surface area contributed by atoms with E-state index >= 15 is 0 Å². The Labute approximate surface area is 212 Å². The van der Waals surface area contributed by atoms with Crippen molar-refractivity contribution in [3.05, 3.63) is 60.0 Å². The number of aryl methyl sites for hydroxylation is 1. The predicted octanol–water partition coefficient (Wildman–Crippen LogP) is 3.03. The minimum absolute atomic E-state index is 0.0159. The highest BCUT2D eigenvalue weighted by atomic mass is 16.5. The molecular formula is C27H34N6O3. The minimum atomic E-state index is -0.206. The molecule has 3 aromatic rings. The average molecular weight is 491 g/mol. The predicted molar refractivity (Wildman–Crippen MR) is 139 cm³/mol. The molecular weight excluding hydrogens is 456 g/mol. The number of rotatable bonds is 7. The molecule has 190 valence electrons. The molecule has 0 radical (unpaired) electrons. The van der Waals surface area contributed by atoms with Gasteiger partial charge in [0.25, 0.3) is 0 Å². The van der Waals surface area contributed by atoms with Gasteiger partial charge in [0.05, 0.1) is 25.8 Å². The molecule has 2 aliphatic rings. The Hall–Kier alpha value is -3.27. The largest absolute Gasteiger partial charge is 0.378 e. The van der Waals surface area contributed by atoms with Crippen LogP contribution in [0.25, 0.3) is 11.4 Å². The fraction of sp³-hybridized carbons (Fsp3) is 0.444. The van der Waals surface area contributed by atoms with Gasteiger partial charge in [-0.1, -0.05) is 35.0 Å². The normalized spacial score (nSPS) is 18.2. The van der Waals surface area contributed by atoms with Gasteiger partial charge in [-0.3, -0.25) is 14.6 Å². The fourth-order valence-electron chi connectivity index (χ4n) is 4.63. The first-order valence-corrected chi connectivity index (χ1v) is 12.6. The van der Waals surface area contributed by atoms with Crippen molar-refractivity contribution in [1.29, 1.82) is 0 Å². The highest BCUT2D eigenvalue weighted by Crippen LogP contribution is 2.20. The molecule has 1 aromatic heterocycles. The Kier molecular flexibility index (Phi) is 7.60. The van der Waals surface area contributed by atoms with Crippen LogP contribution in [0, 0.1) is 6.92 Å². The van der Waals surface area contributed by atoms with Gasteiger partial charge < -0.3 is 19.5 Å². The van der Waals surface area contributed by atoms with Crippen LogP contribution in [-0.4, -0.2) is 84.4 Å². The van der Waals surface area contributed by atoms with Crippen LogP contribution in [0.5, 0.6) is 0 Å². The zero-order valence-corrected chi connectivity index (χ0v) is 21.0. The number of carbonyl (C=O) groups is 1. The van der Waals surface area contributed by atoms with Crippen molar-refractivity contribution in [3.63, 3.8) is 0 Å². The van der Waals surface area contributed by atoms with Crippen molar-refractivity contribution >= 4 is 17.3 Å². The van der Waals surface area contributed by atoms with Gasteiger partial charge in [0.15, 0.2) is 0 Å². The molecule has 9 heteroatoms. The molecule has 9 nitrogen and oxygen atoms in total. The fourth-order valence-corrected chi connectivity index (χ4v) is 4.63. The third-order valence-corrected chi connectivity index (χ3v) is 6.98. The molecule has 2 saturated heterocycles. The summed E-state index contributed by atoms with van der Waals surface area (Å²) in [5.41, 5.74) is 4.14. The number of morpholine rings is 1. The van der Waals surface area contributed by atoms with Crippen molar-refractivity contribution in [1.82, 2.24) is 19.9 Å². The van der Waals surface area contributed by atoms with E-state index in [1.807, 2.05) is 43.3 Å². The molecule has 36 heavy (non-hydrogen) atoms. The molecule has 0 aliphatic carbocycles. The number of hydrogen-bond donors (Lipinski definition) is 1. The lowest BCUT2D eigenvalue weighted by Gasteiger charge is -2.36. The molecule has 0 saturated carbocycles. The van der Waals surface area contributed by atoms with Crippen molar-refractivity contribution in [3.8, 4) is 11.4 Å². The quantitative estimate of drug-likeness (QED) is 0.541. The topological polar surface area (TPSA) is 87.0 Å². The number of carbonyl (C=O) groups excluding carboxylic acids is 1. The Bertz CT molecular complexity index is 1130. The third kappa shape index (κ3) is 5.92. The summed E-state index contributed by atoms with van der Waals surface area (Å²) >= 11 is 0. The van der Waals surface area contributed by atoms with E-state index in [9.17, 15) is 4.79 Å². The van der Waals surface area contributed by atoms with Gasteiger partial charge in [0, 0.05) is 56.2 Å². The average Bonchev–Trinajstić information content (AvgIpc) is 3.38. The number of aromatic nitrogens is 2. The van der Waals surface area contributed by atoms with Crippen molar-refractivity contribution in [2.75, 3.05) is 62.7 Å². The van der Waals surface area contributed by atoms with Crippen LogP contribution in [0.4, 0.5) is 11.4 Å². The van der Waals surface area contributed by atoms with Crippen LogP contribution in [0.15, 0.2) is 53.1 Å². The number of hydrogen-bond acceptors (Lipinski definition) is 8. The maximum atomic E-state index is 12.9. The summed E-state index contributed by atoms with van der Waals surface area (Å²) in [7, 11) is 0. The lowest BCUT2D eigenvalue weighted by atomic mass is 10.1. The van der Waals surface area contributed by atoms with Crippen LogP contribution in [0.3, 0.4) is 0 Å². The van der Waals surface area contributed by atoms with Gasteiger partial charge in [0.2, 0.25) is 17.6 Å². The molecule has 1 unspecified atom stereocenters. The zero-order chi connectivity index (χ0) is 24.9. The van der Waals surface area contributed by atoms with E-state index in [4.69, 9.17) is 9.26 Å². The number of piperazine rings is 1. The van der Waals surface area contributed by atoms with Crippen molar-refractivity contribution in [2.45, 2.75) is 26.4 Å². The Morgan fingerprint density at radius 3 is 2.36 bits per heavy atom. The van der Waals surface area contributed by atoms with Crippen LogP contribution >= 0.6 is 0 Å². The zero-order valence-electron chi connectivity index (χ0n) is 21.0. The Balaban J connectivity index is 1.08. The minimum Gasteiger partial charge on any atom is -0.378 e. The summed E-state index contributed by atoms with van der Waals surface area (Å²) in [5.74, 6) is 1.25. The van der Waals surface area contributed by atoms with E-state index in [1.54, 1.807) is 0 Å². The Morgan fingerprint density at radius 2 is 1.67 bits per heavy atom. The van der Waals surface area contributed by atoms with Crippen molar-refractivity contribution in [2.24, 2.45) is 0 Å². The smallest absolute Gasteiger partial charge is 0.241 e. The van der Waals surface area contributed by atoms with Gasteiger partial charge in [0.1, 0.15) is 0 Å². The van der Waals surface area contributed by atoms with E-state index < -0.39 is 0 Å². The van der Waals surface area contributed by atoms with E-state index in [0.29, 0.717) is 18.3 Å². The van der Waals surface area contributed by atoms with Crippen LogP contribution in [0.1, 0.15) is 18.4 Å². The molecule has 2 aromatic carbocycles. The van der Waals surface area contributed by atoms with Crippen molar-refractivity contribution < 1.29 is 14.1 Å². The maximum Gasteiger partial charge on any atom is 0.241 e. The molecule has 0 bridgehead atoms. The summed E-state index contributed by atoms with van der Waals surface area (Å²) in [6.07, 6.45) is 0. The van der Waals surface area contributed by atoms with E-state index in [0.717, 1.165) is 69.4 Å². The van der Waals surface area contributed by atoms with Gasteiger partial charge in [-0.15, -0.1) is 0 Å². The second-order valence-electron chi connectivity index (χ2n) is 9.50. The van der Waals surface area contributed by atoms with E-state index in [2.05, 4.69) is 49.2 Å². The van der Waals surface area contributed by atoms with Gasteiger partial charge in [-0.2, -0.15) is 4.98 Å². The molecule has 2 fully saturated rings. The number of nitrogens with one attached hydrogen (secondary N) is 1. The molecule has 1 N–H and O–H groups in total. The second-order valence-corrected chi connectivity index (χ2v) is 9.50. The van der Waals surface area contributed by atoms with Gasteiger partial charge >= 0.3 is 0 Å². The summed E-state index contributed by atoms with van der Waals surface area (Å²) < 4.78 is 10.9. The SMILES string of the molecule is Cc1ccc(-c2noc(CN3CCN(C(C)C(=O)Nc4ccc(N5CCOCC5)cc4)CC3)n2)cc1. The van der Waals surface area contributed by atoms with Crippen LogP contribution in [0.2, 0.25) is 0 Å². The Morgan fingerprint density at radius 1 is 0.972 bits per heavy atom.